The predicted molar refractivity (Wildman–Crippen MR) is 143 cm³/mol. The van der Waals surface area contributed by atoms with Crippen molar-refractivity contribution in [2.75, 3.05) is 43.4 Å². The molecule has 3 heterocycles. The molecule has 0 atom stereocenters. The first-order valence-corrected chi connectivity index (χ1v) is 12.6. The number of nitrogens with one attached hydrogen (secondary N) is 1. The summed E-state index contributed by atoms with van der Waals surface area (Å²) in [5.41, 5.74) is 6.15. The van der Waals surface area contributed by atoms with E-state index in [0.717, 1.165) is 31.8 Å². The van der Waals surface area contributed by atoms with E-state index in [4.69, 9.17) is 10.5 Å². The van der Waals surface area contributed by atoms with E-state index in [1.165, 1.54) is 12.1 Å². The molecule has 4 aromatic rings. The van der Waals surface area contributed by atoms with Gasteiger partial charge in [-0.25, -0.2) is 9.97 Å². The number of nitrogens with zero attached hydrogens (tertiary/aromatic N) is 5. The van der Waals surface area contributed by atoms with Crippen LogP contribution in [-0.4, -0.2) is 57.6 Å². The van der Waals surface area contributed by atoms with E-state index in [1.807, 2.05) is 4.90 Å². The first-order valence-electron chi connectivity index (χ1n) is 12.6. The summed E-state index contributed by atoms with van der Waals surface area (Å²) < 4.78 is 45.5. The summed E-state index contributed by atoms with van der Waals surface area (Å²) in [4.78, 5) is 32.5. The Morgan fingerprint density at radius 1 is 1.03 bits per heavy atom. The zero-order valence-electron chi connectivity index (χ0n) is 21.5. The number of alkyl halides is 3. The lowest BCUT2D eigenvalue weighted by Crippen LogP contribution is -2.48. The molecule has 2 aromatic carbocycles. The smallest absolute Gasteiger partial charge is 0.416 e. The topological polar surface area (TPSA) is 113 Å². The highest BCUT2D eigenvalue weighted by Gasteiger charge is 2.30. The number of nitrogen functional groups attached to an aromatic ring is 1. The number of para-hydroxylation sites is 1. The Balaban J connectivity index is 1.52. The van der Waals surface area contributed by atoms with Crippen molar-refractivity contribution in [3.63, 3.8) is 0 Å². The van der Waals surface area contributed by atoms with Gasteiger partial charge in [0, 0.05) is 44.4 Å². The van der Waals surface area contributed by atoms with Crippen LogP contribution in [0.2, 0.25) is 0 Å². The van der Waals surface area contributed by atoms with Gasteiger partial charge in [0.15, 0.2) is 11.6 Å². The Morgan fingerprint density at radius 3 is 2.41 bits per heavy atom. The van der Waals surface area contributed by atoms with Gasteiger partial charge < -0.3 is 20.4 Å². The zero-order valence-corrected chi connectivity index (χ0v) is 21.5. The van der Waals surface area contributed by atoms with Gasteiger partial charge in [0.1, 0.15) is 5.52 Å². The average Bonchev–Trinajstić information content (AvgIpc) is 2.89. The summed E-state index contributed by atoms with van der Waals surface area (Å²) in [5.74, 6) is 1.24. The quantitative estimate of drug-likeness (QED) is 0.367. The normalized spacial score (nSPS) is 14.8. The van der Waals surface area contributed by atoms with Crippen LogP contribution in [-0.2, 0) is 6.18 Å². The molecular weight excluding hydrogens is 511 g/mol. The van der Waals surface area contributed by atoms with Crippen molar-refractivity contribution in [2.45, 2.75) is 20.0 Å². The number of anilines is 2. The maximum absolute atomic E-state index is 13.1. The summed E-state index contributed by atoms with van der Waals surface area (Å²) >= 11 is 0. The monoisotopic (exact) mass is 539 g/mol. The third kappa shape index (κ3) is 5.95. The Hall–Kier alpha value is -4.19. The van der Waals surface area contributed by atoms with Gasteiger partial charge in [0.05, 0.1) is 16.8 Å². The van der Waals surface area contributed by atoms with Gasteiger partial charge in [-0.05, 0) is 30.2 Å². The van der Waals surface area contributed by atoms with Crippen LogP contribution in [0.5, 0.6) is 11.6 Å². The Morgan fingerprint density at radius 2 is 1.74 bits per heavy atom. The highest BCUT2D eigenvalue weighted by molar-refractivity contribution is 5.82. The van der Waals surface area contributed by atoms with Crippen molar-refractivity contribution in [1.82, 2.24) is 24.8 Å². The third-order valence-electron chi connectivity index (χ3n) is 6.40. The van der Waals surface area contributed by atoms with Gasteiger partial charge in [-0.1, -0.05) is 32.0 Å². The molecule has 5 rings (SSSR count). The summed E-state index contributed by atoms with van der Waals surface area (Å²) in [5, 5.41) is 0. The molecule has 0 amide bonds. The summed E-state index contributed by atoms with van der Waals surface area (Å²) in [6, 6.07) is 11.4. The lowest BCUT2D eigenvalue weighted by atomic mass is 10.1. The molecule has 1 fully saturated rings. The number of halogens is 3. The average molecular weight is 540 g/mol. The van der Waals surface area contributed by atoms with Crippen LogP contribution in [0.4, 0.5) is 24.9 Å². The number of H-pyrrole nitrogens is 1. The standard InChI is InChI=1S/C27H28F3N7O2/c1-16(2)15-36-10-12-37(13-11-36)26-33-20(17-6-8-18(9-7-17)27(28,29)30)14-22(34-26)39-21-5-3-4-19-23(21)35-24(31)25(38)32-19/h3-9,14,16H,10-13,15H2,1-2H3,(H2,31,35)(H,32,38). The second-order valence-corrected chi connectivity index (χ2v) is 9.85. The lowest BCUT2D eigenvalue weighted by Gasteiger charge is -2.35. The van der Waals surface area contributed by atoms with E-state index in [2.05, 4.69) is 38.7 Å². The number of hydrogen-bond acceptors (Lipinski definition) is 8. The molecular formula is C27H28F3N7O2. The van der Waals surface area contributed by atoms with E-state index in [-0.39, 0.29) is 11.7 Å². The summed E-state index contributed by atoms with van der Waals surface area (Å²) in [6.45, 7) is 8.40. The molecule has 3 N–H and O–H groups in total. The van der Waals surface area contributed by atoms with Crippen LogP contribution >= 0.6 is 0 Å². The summed E-state index contributed by atoms with van der Waals surface area (Å²) in [7, 11) is 0. The minimum atomic E-state index is -4.44. The molecule has 12 heteroatoms. The largest absolute Gasteiger partial charge is 0.436 e. The van der Waals surface area contributed by atoms with Crippen LogP contribution < -0.4 is 20.9 Å². The van der Waals surface area contributed by atoms with Gasteiger partial charge >= 0.3 is 6.18 Å². The first kappa shape index (κ1) is 26.4. The Labute approximate surface area is 222 Å². The summed E-state index contributed by atoms with van der Waals surface area (Å²) in [6.07, 6.45) is -4.44. The van der Waals surface area contributed by atoms with Gasteiger partial charge in [-0.2, -0.15) is 18.2 Å². The fourth-order valence-corrected chi connectivity index (χ4v) is 4.52. The van der Waals surface area contributed by atoms with Gasteiger partial charge in [-0.3, -0.25) is 9.69 Å². The number of aromatic nitrogens is 4. The van der Waals surface area contributed by atoms with Crippen molar-refractivity contribution in [3.8, 4) is 22.9 Å². The minimum Gasteiger partial charge on any atom is -0.436 e. The third-order valence-corrected chi connectivity index (χ3v) is 6.40. The van der Waals surface area contributed by atoms with Crippen LogP contribution in [0.1, 0.15) is 19.4 Å². The van der Waals surface area contributed by atoms with Crippen molar-refractivity contribution < 1.29 is 17.9 Å². The van der Waals surface area contributed by atoms with E-state index < -0.39 is 17.3 Å². The van der Waals surface area contributed by atoms with E-state index >= 15 is 0 Å². The van der Waals surface area contributed by atoms with Crippen LogP contribution in [0.25, 0.3) is 22.3 Å². The molecule has 0 bridgehead atoms. The molecule has 39 heavy (non-hydrogen) atoms. The zero-order chi connectivity index (χ0) is 27.7. The molecule has 1 aliphatic rings. The van der Waals surface area contributed by atoms with E-state index in [1.54, 1.807) is 24.3 Å². The molecule has 0 aliphatic carbocycles. The molecule has 1 saturated heterocycles. The van der Waals surface area contributed by atoms with Crippen molar-refractivity contribution in [2.24, 2.45) is 5.92 Å². The molecule has 2 aromatic heterocycles. The molecule has 0 saturated carbocycles. The molecule has 9 nitrogen and oxygen atoms in total. The lowest BCUT2D eigenvalue weighted by molar-refractivity contribution is -0.137. The fraction of sp³-hybridized carbons (Fsp3) is 0.333. The highest BCUT2D eigenvalue weighted by atomic mass is 19.4. The number of rotatable bonds is 6. The SMILES string of the molecule is CC(C)CN1CCN(c2nc(Oc3cccc4[nH]c(=O)c(N)nc34)cc(-c3ccc(C(F)(F)F)cc3)n2)CC1. The predicted octanol–water partition coefficient (Wildman–Crippen LogP) is 4.55. The van der Waals surface area contributed by atoms with Gasteiger partial charge in [0.2, 0.25) is 11.8 Å². The number of ether oxygens (including phenoxy) is 1. The van der Waals surface area contributed by atoms with E-state index in [0.29, 0.717) is 53.0 Å². The van der Waals surface area contributed by atoms with Gasteiger partial charge in [-0.15, -0.1) is 0 Å². The van der Waals surface area contributed by atoms with Crippen molar-refractivity contribution in [1.29, 1.82) is 0 Å². The Kier molecular flexibility index (Phi) is 7.13. The highest BCUT2D eigenvalue weighted by Crippen LogP contribution is 2.33. The van der Waals surface area contributed by atoms with E-state index in [9.17, 15) is 18.0 Å². The second-order valence-electron chi connectivity index (χ2n) is 9.85. The van der Waals surface area contributed by atoms with Gasteiger partial charge in [0.25, 0.3) is 5.56 Å². The second kappa shape index (κ2) is 10.5. The molecule has 1 aliphatic heterocycles. The van der Waals surface area contributed by atoms with Crippen LogP contribution in [0.15, 0.2) is 53.3 Å². The minimum absolute atomic E-state index is 0.179. The number of benzene rings is 2. The Bertz CT molecular complexity index is 1530. The van der Waals surface area contributed by atoms with Crippen molar-refractivity contribution in [3.05, 3.63) is 64.4 Å². The first-order chi connectivity index (χ1) is 18.6. The molecule has 204 valence electrons. The maximum Gasteiger partial charge on any atom is 0.416 e. The van der Waals surface area contributed by atoms with Crippen molar-refractivity contribution >= 4 is 22.8 Å². The number of fused-ring (bicyclic) bond motifs is 1. The molecule has 0 radical (unpaired) electrons. The number of piperazine rings is 1. The number of nitrogens with two attached hydrogens (primary N) is 1. The number of aromatic amines is 1. The molecule has 0 unspecified atom stereocenters. The maximum atomic E-state index is 13.1. The van der Waals surface area contributed by atoms with Crippen LogP contribution in [0.3, 0.4) is 0 Å². The van der Waals surface area contributed by atoms with Crippen LogP contribution in [0, 0.1) is 5.92 Å². The fourth-order valence-electron chi connectivity index (χ4n) is 4.52. The number of hydrogen-bond donors (Lipinski definition) is 2. The molecule has 0 spiro atoms.